The van der Waals surface area contributed by atoms with Crippen LogP contribution in [0.2, 0.25) is 0 Å². The molecule has 1 heterocycles. The second kappa shape index (κ2) is 8.85. The van der Waals surface area contributed by atoms with E-state index in [-0.39, 0.29) is 18.4 Å². The van der Waals surface area contributed by atoms with Crippen LogP contribution in [0.5, 0.6) is 0 Å². The van der Waals surface area contributed by atoms with Gasteiger partial charge in [-0.05, 0) is 18.8 Å². The Labute approximate surface area is 129 Å². The number of carbonyl (C=O) groups is 1. The number of piperidine rings is 1. The van der Waals surface area contributed by atoms with Gasteiger partial charge in [-0.15, -0.1) is 0 Å². The molecule has 1 saturated heterocycles. The van der Waals surface area contributed by atoms with Gasteiger partial charge in [-0.25, -0.2) is 0 Å². The highest BCUT2D eigenvalue weighted by Crippen LogP contribution is 2.18. The maximum absolute atomic E-state index is 12.1. The Morgan fingerprint density at radius 2 is 2.00 bits per heavy atom. The normalized spacial score (nSPS) is 20.0. The topological polar surface area (TPSA) is 56.7 Å². The lowest BCUT2D eigenvalue weighted by Gasteiger charge is -2.31. The minimum absolute atomic E-state index is 0.0739. The fraction of sp³-hybridized carbons (Fsp3) is 0.857. The van der Waals surface area contributed by atoms with Crippen LogP contribution in [0.1, 0.15) is 32.6 Å². The van der Waals surface area contributed by atoms with Gasteiger partial charge in [0.05, 0.1) is 6.42 Å². The van der Waals surface area contributed by atoms with Crippen molar-refractivity contribution in [2.45, 2.75) is 38.8 Å². The van der Waals surface area contributed by atoms with Crippen molar-refractivity contribution in [3.63, 3.8) is 0 Å². The number of halogens is 3. The van der Waals surface area contributed by atoms with Crippen molar-refractivity contribution >= 4 is 11.9 Å². The summed E-state index contributed by atoms with van der Waals surface area (Å²) in [6.45, 7) is 3.83. The van der Waals surface area contributed by atoms with Crippen LogP contribution in [0.25, 0.3) is 0 Å². The number of rotatable bonds is 5. The SMILES string of the molecule is CN=C(NCCC(=O)N1CCCC(C)C1)NCCC(F)(F)F. The molecule has 1 rings (SSSR count). The number of nitrogens with one attached hydrogen (secondary N) is 2. The van der Waals surface area contributed by atoms with Gasteiger partial charge in [-0.3, -0.25) is 9.79 Å². The van der Waals surface area contributed by atoms with Crippen LogP contribution in [0.15, 0.2) is 4.99 Å². The highest BCUT2D eigenvalue weighted by molar-refractivity contribution is 5.81. The van der Waals surface area contributed by atoms with E-state index < -0.39 is 12.6 Å². The first-order valence-electron chi connectivity index (χ1n) is 7.61. The van der Waals surface area contributed by atoms with Crippen molar-refractivity contribution in [1.82, 2.24) is 15.5 Å². The minimum Gasteiger partial charge on any atom is -0.356 e. The quantitative estimate of drug-likeness (QED) is 0.599. The zero-order chi connectivity index (χ0) is 16.6. The number of hydrogen-bond donors (Lipinski definition) is 2. The van der Waals surface area contributed by atoms with Crippen LogP contribution in [0, 0.1) is 5.92 Å². The molecule has 0 saturated carbocycles. The molecule has 0 radical (unpaired) electrons. The Hall–Kier alpha value is -1.47. The molecule has 1 aliphatic rings. The molecule has 0 spiro atoms. The summed E-state index contributed by atoms with van der Waals surface area (Å²) >= 11 is 0. The number of likely N-dealkylation sites (tertiary alicyclic amines) is 1. The van der Waals surface area contributed by atoms with Crippen molar-refractivity contribution in [2.24, 2.45) is 10.9 Å². The first-order valence-corrected chi connectivity index (χ1v) is 7.61. The average molecular weight is 322 g/mol. The van der Waals surface area contributed by atoms with E-state index in [1.54, 1.807) is 0 Å². The van der Waals surface area contributed by atoms with Gasteiger partial charge in [-0.2, -0.15) is 13.2 Å². The van der Waals surface area contributed by atoms with Gasteiger partial charge in [-0.1, -0.05) is 6.92 Å². The third kappa shape index (κ3) is 7.51. The van der Waals surface area contributed by atoms with E-state index in [0.29, 0.717) is 18.9 Å². The Bertz CT molecular complexity index is 385. The number of aliphatic imine (C=N–C) groups is 1. The molecule has 1 aliphatic heterocycles. The van der Waals surface area contributed by atoms with Crippen molar-refractivity contribution in [2.75, 3.05) is 33.2 Å². The zero-order valence-corrected chi connectivity index (χ0v) is 13.2. The van der Waals surface area contributed by atoms with Crippen LogP contribution >= 0.6 is 0 Å². The molecule has 0 bridgehead atoms. The Kier molecular flexibility index (Phi) is 7.47. The van der Waals surface area contributed by atoms with Gasteiger partial charge in [0.2, 0.25) is 5.91 Å². The summed E-state index contributed by atoms with van der Waals surface area (Å²) < 4.78 is 36.2. The van der Waals surface area contributed by atoms with Crippen LogP contribution in [0.3, 0.4) is 0 Å². The van der Waals surface area contributed by atoms with E-state index in [1.807, 2.05) is 4.90 Å². The summed E-state index contributed by atoms with van der Waals surface area (Å²) in [5.41, 5.74) is 0. The lowest BCUT2D eigenvalue weighted by Crippen LogP contribution is -2.43. The number of carbonyl (C=O) groups excluding carboxylic acids is 1. The largest absolute Gasteiger partial charge is 0.390 e. The summed E-state index contributed by atoms with van der Waals surface area (Å²) in [6, 6.07) is 0. The highest BCUT2D eigenvalue weighted by Gasteiger charge is 2.26. The third-order valence-electron chi connectivity index (χ3n) is 3.57. The van der Waals surface area contributed by atoms with E-state index >= 15 is 0 Å². The third-order valence-corrected chi connectivity index (χ3v) is 3.57. The molecule has 1 unspecified atom stereocenters. The number of guanidine groups is 1. The van der Waals surface area contributed by atoms with Crippen molar-refractivity contribution < 1.29 is 18.0 Å². The maximum atomic E-state index is 12.1. The second-order valence-electron chi connectivity index (χ2n) is 5.63. The number of amides is 1. The Balaban J connectivity index is 2.22. The molecule has 2 N–H and O–H groups in total. The van der Waals surface area contributed by atoms with Gasteiger partial charge in [0.15, 0.2) is 5.96 Å². The van der Waals surface area contributed by atoms with Crippen molar-refractivity contribution in [1.29, 1.82) is 0 Å². The van der Waals surface area contributed by atoms with Gasteiger partial charge in [0.25, 0.3) is 0 Å². The molecular weight excluding hydrogens is 297 g/mol. The summed E-state index contributed by atoms with van der Waals surface area (Å²) in [5.74, 6) is 0.885. The number of hydrogen-bond acceptors (Lipinski definition) is 2. The lowest BCUT2D eigenvalue weighted by atomic mass is 10.00. The van der Waals surface area contributed by atoms with Crippen LogP contribution in [-0.2, 0) is 4.79 Å². The molecule has 1 atom stereocenters. The van der Waals surface area contributed by atoms with Crippen LogP contribution < -0.4 is 10.6 Å². The van der Waals surface area contributed by atoms with Gasteiger partial charge in [0.1, 0.15) is 0 Å². The van der Waals surface area contributed by atoms with E-state index in [1.165, 1.54) is 7.05 Å². The predicted molar refractivity (Wildman–Crippen MR) is 79.6 cm³/mol. The van der Waals surface area contributed by atoms with Gasteiger partial charge in [0, 0.05) is 39.6 Å². The molecule has 22 heavy (non-hydrogen) atoms. The molecule has 1 fully saturated rings. The summed E-state index contributed by atoms with van der Waals surface area (Å²) in [5, 5.41) is 5.44. The van der Waals surface area contributed by atoms with E-state index in [4.69, 9.17) is 0 Å². The molecule has 128 valence electrons. The molecule has 0 aromatic heterocycles. The first kappa shape index (κ1) is 18.6. The zero-order valence-electron chi connectivity index (χ0n) is 13.2. The number of nitrogens with zero attached hydrogens (tertiary/aromatic N) is 2. The summed E-state index contributed by atoms with van der Waals surface area (Å²) in [4.78, 5) is 17.7. The van der Waals surface area contributed by atoms with E-state index in [0.717, 1.165) is 25.9 Å². The molecule has 1 amide bonds. The smallest absolute Gasteiger partial charge is 0.356 e. The van der Waals surface area contributed by atoms with Crippen LogP contribution in [0.4, 0.5) is 13.2 Å². The first-order chi connectivity index (χ1) is 10.3. The summed E-state index contributed by atoms with van der Waals surface area (Å²) in [6.07, 6.45) is -2.61. The molecular formula is C14H25F3N4O. The fourth-order valence-electron chi connectivity index (χ4n) is 2.41. The van der Waals surface area contributed by atoms with Crippen LogP contribution in [-0.4, -0.2) is 56.2 Å². The molecule has 8 heteroatoms. The van der Waals surface area contributed by atoms with Gasteiger partial charge >= 0.3 is 6.18 Å². The molecule has 5 nitrogen and oxygen atoms in total. The molecule has 0 aromatic rings. The second-order valence-corrected chi connectivity index (χ2v) is 5.63. The standard InChI is InChI=1S/C14H25F3N4O/c1-11-4-3-9-21(10-11)12(22)5-7-19-13(18-2)20-8-6-14(15,16)17/h11H,3-10H2,1-2H3,(H2,18,19,20). The van der Waals surface area contributed by atoms with Gasteiger partial charge < -0.3 is 15.5 Å². The Morgan fingerprint density at radius 3 is 2.59 bits per heavy atom. The fourth-order valence-corrected chi connectivity index (χ4v) is 2.41. The molecule has 0 aromatic carbocycles. The lowest BCUT2D eigenvalue weighted by molar-refractivity contribution is -0.133. The van der Waals surface area contributed by atoms with Crippen molar-refractivity contribution in [3.8, 4) is 0 Å². The Morgan fingerprint density at radius 1 is 1.32 bits per heavy atom. The molecule has 0 aliphatic carbocycles. The van der Waals surface area contributed by atoms with E-state index in [2.05, 4.69) is 22.5 Å². The summed E-state index contributed by atoms with van der Waals surface area (Å²) in [7, 11) is 1.48. The predicted octanol–water partition coefficient (Wildman–Crippen LogP) is 1.75. The van der Waals surface area contributed by atoms with Crippen molar-refractivity contribution in [3.05, 3.63) is 0 Å². The maximum Gasteiger partial charge on any atom is 0.390 e. The minimum atomic E-state index is -4.19. The average Bonchev–Trinajstić information content (AvgIpc) is 2.44. The monoisotopic (exact) mass is 322 g/mol. The number of alkyl halides is 3. The highest BCUT2D eigenvalue weighted by atomic mass is 19.4. The van der Waals surface area contributed by atoms with E-state index in [9.17, 15) is 18.0 Å².